The van der Waals surface area contributed by atoms with Gasteiger partial charge in [-0.15, -0.1) is 0 Å². The van der Waals surface area contributed by atoms with E-state index in [9.17, 15) is 22.8 Å². The normalized spacial score (nSPS) is 11.2. The number of carbonyl (C=O) groups is 1. The lowest BCUT2D eigenvalue weighted by Crippen LogP contribution is -2.32. The molecule has 2 aromatic rings. The predicted octanol–water partition coefficient (Wildman–Crippen LogP) is 1.90. The van der Waals surface area contributed by atoms with Crippen LogP contribution in [0.4, 0.5) is 19.0 Å². The monoisotopic (exact) mass is 297 g/mol. The van der Waals surface area contributed by atoms with E-state index in [0.717, 1.165) is 12.3 Å². The average molecular weight is 297 g/mol. The molecule has 0 radical (unpaired) electrons. The summed E-state index contributed by atoms with van der Waals surface area (Å²) in [5.41, 5.74) is -2.57. The van der Waals surface area contributed by atoms with Crippen LogP contribution in [0.3, 0.4) is 0 Å². The number of hydrogen-bond acceptors (Lipinski definition) is 3. The van der Waals surface area contributed by atoms with E-state index in [1.54, 1.807) is 12.1 Å². The zero-order valence-electron chi connectivity index (χ0n) is 10.6. The first-order valence-corrected chi connectivity index (χ1v) is 5.85. The summed E-state index contributed by atoms with van der Waals surface area (Å²) < 4.78 is 38.5. The van der Waals surface area contributed by atoms with Crippen LogP contribution < -0.4 is 10.9 Å². The topological polar surface area (TPSA) is 64.0 Å². The number of rotatable bonds is 3. The van der Waals surface area contributed by atoms with Crippen LogP contribution in [-0.4, -0.2) is 15.5 Å². The van der Waals surface area contributed by atoms with Crippen LogP contribution in [0.1, 0.15) is 5.56 Å². The van der Waals surface area contributed by atoms with Crippen molar-refractivity contribution in [3.63, 3.8) is 0 Å². The van der Waals surface area contributed by atoms with Crippen LogP contribution in [0, 0.1) is 0 Å². The number of hydrogen-bond donors (Lipinski definition) is 1. The Morgan fingerprint density at radius 3 is 2.62 bits per heavy atom. The standard InChI is InChI=1S/C13H10F3N3O2/c14-13(15,16)9-4-3-7-19(12(9)21)8-11(20)18-10-5-1-2-6-17-10/h1-7H,8H2,(H,17,18,20). The summed E-state index contributed by atoms with van der Waals surface area (Å²) in [6.07, 6.45) is -2.18. The van der Waals surface area contributed by atoms with Gasteiger partial charge in [-0.05, 0) is 24.3 Å². The van der Waals surface area contributed by atoms with Gasteiger partial charge in [0.25, 0.3) is 5.56 Å². The van der Waals surface area contributed by atoms with Crippen molar-refractivity contribution in [1.82, 2.24) is 9.55 Å². The summed E-state index contributed by atoms with van der Waals surface area (Å²) in [6, 6.07) is 6.55. The number of halogens is 3. The first kappa shape index (κ1) is 14.8. The number of carbonyl (C=O) groups excluding carboxylic acids is 1. The van der Waals surface area contributed by atoms with E-state index in [1.807, 2.05) is 0 Å². The van der Waals surface area contributed by atoms with Gasteiger partial charge in [0, 0.05) is 12.4 Å². The fourth-order valence-electron chi connectivity index (χ4n) is 1.65. The van der Waals surface area contributed by atoms with Crippen molar-refractivity contribution in [2.24, 2.45) is 0 Å². The van der Waals surface area contributed by atoms with Crippen molar-refractivity contribution in [2.45, 2.75) is 12.7 Å². The van der Waals surface area contributed by atoms with Gasteiger partial charge in [0.1, 0.15) is 17.9 Å². The van der Waals surface area contributed by atoms with Crippen molar-refractivity contribution in [3.8, 4) is 0 Å². The maximum absolute atomic E-state index is 12.6. The zero-order chi connectivity index (χ0) is 15.5. The van der Waals surface area contributed by atoms with Crippen molar-refractivity contribution >= 4 is 11.7 Å². The second-order valence-corrected chi connectivity index (χ2v) is 4.12. The average Bonchev–Trinajstić information content (AvgIpc) is 2.41. The predicted molar refractivity (Wildman–Crippen MR) is 68.6 cm³/mol. The Bertz CT molecular complexity index is 696. The molecule has 0 fully saturated rings. The largest absolute Gasteiger partial charge is 0.421 e. The molecule has 0 aliphatic heterocycles. The van der Waals surface area contributed by atoms with Crippen molar-refractivity contribution in [3.05, 3.63) is 58.6 Å². The summed E-state index contributed by atoms with van der Waals surface area (Å²) in [5.74, 6) is -0.391. The first-order valence-electron chi connectivity index (χ1n) is 5.85. The maximum Gasteiger partial charge on any atom is 0.421 e. The summed E-state index contributed by atoms with van der Waals surface area (Å²) >= 11 is 0. The molecule has 0 aliphatic carbocycles. The van der Waals surface area contributed by atoms with Gasteiger partial charge in [-0.3, -0.25) is 9.59 Å². The molecule has 0 saturated carbocycles. The minimum absolute atomic E-state index is 0.252. The van der Waals surface area contributed by atoms with E-state index in [0.29, 0.717) is 10.6 Å². The molecule has 0 bridgehead atoms. The smallest absolute Gasteiger partial charge is 0.309 e. The van der Waals surface area contributed by atoms with Crippen molar-refractivity contribution < 1.29 is 18.0 Å². The molecule has 0 saturated heterocycles. The number of anilines is 1. The fraction of sp³-hybridized carbons (Fsp3) is 0.154. The van der Waals surface area contributed by atoms with E-state index < -0.39 is 29.8 Å². The van der Waals surface area contributed by atoms with Crippen molar-refractivity contribution in [1.29, 1.82) is 0 Å². The van der Waals surface area contributed by atoms with Gasteiger partial charge < -0.3 is 9.88 Å². The minimum Gasteiger partial charge on any atom is -0.309 e. The van der Waals surface area contributed by atoms with E-state index >= 15 is 0 Å². The molecule has 110 valence electrons. The van der Waals surface area contributed by atoms with Crippen LogP contribution in [0.15, 0.2) is 47.5 Å². The van der Waals surface area contributed by atoms with Crippen LogP contribution in [0.25, 0.3) is 0 Å². The lowest BCUT2D eigenvalue weighted by atomic mass is 10.2. The molecule has 2 heterocycles. The molecule has 0 unspecified atom stereocenters. The highest BCUT2D eigenvalue weighted by Gasteiger charge is 2.34. The Kier molecular flexibility index (Phi) is 4.06. The maximum atomic E-state index is 12.6. The highest BCUT2D eigenvalue weighted by atomic mass is 19.4. The Labute approximate surface area is 117 Å². The number of nitrogens with zero attached hydrogens (tertiary/aromatic N) is 2. The van der Waals surface area contributed by atoms with E-state index in [4.69, 9.17) is 0 Å². The van der Waals surface area contributed by atoms with E-state index in [2.05, 4.69) is 10.3 Å². The third-order valence-electron chi connectivity index (χ3n) is 2.57. The number of nitrogens with one attached hydrogen (secondary N) is 1. The van der Waals surface area contributed by atoms with E-state index in [1.165, 1.54) is 12.3 Å². The molecule has 2 rings (SSSR count). The molecule has 0 aromatic carbocycles. The highest BCUT2D eigenvalue weighted by Crippen LogP contribution is 2.25. The molecule has 1 amide bonds. The molecule has 0 spiro atoms. The van der Waals surface area contributed by atoms with Gasteiger partial charge in [-0.1, -0.05) is 6.07 Å². The van der Waals surface area contributed by atoms with Crippen LogP contribution in [-0.2, 0) is 17.5 Å². The van der Waals surface area contributed by atoms with E-state index in [-0.39, 0.29) is 5.82 Å². The third kappa shape index (κ3) is 3.68. The Hall–Kier alpha value is -2.64. The molecule has 1 N–H and O–H groups in total. The number of alkyl halides is 3. The lowest BCUT2D eigenvalue weighted by Gasteiger charge is -2.10. The Balaban J connectivity index is 2.17. The fourth-order valence-corrected chi connectivity index (χ4v) is 1.65. The van der Waals surface area contributed by atoms with Crippen LogP contribution in [0.2, 0.25) is 0 Å². The SMILES string of the molecule is O=C(Cn1cccc(C(F)(F)F)c1=O)Nc1ccccn1. The highest BCUT2D eigenvalue weighted by molar-refractivity contribution is 5.89. The van der Waals surface area contributed by atoms with Crippen LogP contribution in [0.5, 0.6) is 0 Å². The summed E-state index contributed by atoms with van der Waals surface area (Å²) in [5, 5.41) is 2.38. The summed E-state index contributed by atoms with van der Waals surface area (Å²) in [4.78, 5) is 27.2. The molecular formula is C13H10F3N3O2. The number of amides is 1. The zero-order valence-corrected chi connectivity index (χ0v) is 10.6. The number of aromatic nitrogens is 2. The summed E-state index contributed by atoms with van der Waals surface area (Å²) in [7, 11) is 0. The molecule has 0 atom stereocenters. The lowest BCUT2D eigenvalue weighted by molar-refractivity contribution is -0.139. The van der Waals surface area contributed by atoms with Gasteiger partial charge >= 0.3 is 6.18 Å². The molecule has 21 heavy (non-hydrogen) atoms. The minimum atomic E-state index is -4.75. The third-order valence-corrected chi connectivity index (χ3v) is 2.57. The molecule has 0 aliphatic rings. The van der Waals surface area contributed by atoms with Gasteiger partial charge in [0.2, 0.25) is 5.91 Å². The molecule has 5 nitrogen and oxygen atoms in total. The second-order valence-electron chi connectivity index (χ2n) is 4.12. The molecular weight excluding hydrogens is 287 g/mol. The van der Waals surface area contributed by atoms with Gasteiger partial charge in [-0.2, -0.15) is 13.2 Å². The van der Waals surface area contributed by atoms with Crippen molar-refractivity contribution in [2.75, 3.05) is 5.32 Å². The molecule has 8 heteroatoms. The Morgan fingerprint density at radius 2 is 2.00 bits per heavy atom. The Morgan fingerprint density at radius 1 is 1.24 bits per heavy atom. The molecule has 2 aromatic heterocycles. The summed E-state index contributed by atoms with van der Waals surface area (Å²) in [6.45, 7) is -0.528. The van der Waals surface area contributed by atoms with Crippen LogP contribution >= 0.6 is 0 Å². The second kappa shape index (κ2) is 5.78. The first-order chi connectivity index (χ1) is 9.88. The van der Waals surface area contributed by atoms with Gasteiger partial charge in [0.15, 0.2) is 0 Å². The van der Waals surface area contributed by atoms with Gasteiger partial charge in [0.05, 0.1) is 0 Å². The number of pyridine rings is 2. The quantitative estimate of drug-likeness (QED) is 0.941. The van der Waals surface area contributed by atoms with Gasteiger partial charge in [-0.25, -0.2) is 4.98 Å².